The number of hydrogen-bond donors (Lipinski definition) is 1. The first-order valence-electron chi connectivity index (χ1n) is 10.3. The lowest BCUT2D eigenvalue weighted by molar-refractivity contribution is 0.0318. The van der Waals surface area contributed by atoms with Gasteiger partial charge in [0.15, 0.2) is 0 Å². The molecular formula is C25H24ClFN2O2. The third kappa shape index (κ3) is 5.70. The maximum atomic E-state index is 13.7. The van der Waals surface area contributed by atoms with Crippen molar-refractivity contribution in [2.45, 2.75) is 25.2 Å². The minimum absolute atomic E-state index is 0.178. The van der Waals surface area contributed by atoms with Crippen molar-refractivity contribution < 1.29 is 14.3 Å². The number of halogens is 2. The van der Waals surface area contributed by atoms with Crippen LogP contribution in [0.25, 0.3) is 0 Å². The standard InChI is InChI=1S/C25H24ClFN2O2/c26-23-12-5-4-11-22(23)24-14-21(31-28-24)16-29(15-18-7-6-10-20(27)13-18)17-25(30)19-8-2-1-3-9-19/h1-13,21,25,30H,14-17H2. The van der Waals surface area contributed by atoms with Crippen molar-refractivity contribution >= 4 is 17.3 Å². The molecule has 6 heteroatoms. The highest BCUT2D eigenvalue weighted by molar-refractivity contribution is 6.34. The van der Waals surface area contributed by atoms with Crippen LogP contribution in [0.3, 0.4) is 0 Å². The fourth-order valence-corrected chi connectivity index (χ4v) is 4.04. The van der Waals surface area contributed by atoms with E-state index in [1.54, 1.807) is 6.07 Å². The highest BCUT2D eigenvalue weighted by Gasteiger charge is 2.27. The molecule has 2 atom stereocenters. The summed E-state index contributed by atoms with van der Waals surface area (Å²) in [6.45, 7) is 1.42. The van der Waals surface area contributed by atoms with E-state index in [0.29, 0.717) is 31.1 Å². The Labute approximate surface area is 186 Å². The molecule has 1 aliphatic rings. The number of nitrogens with zero attached hydrogens (tertiary/aromatic N) is 2. The number of benzene rings is 3. The number of aliphatic hydroxyl groups is 1. The zero-order valence-corrected chi connectivity index (χ0v) is 17.8. The van der Waals surface area contributed by atoms with Gasteiger partial charge in [-0.15, -0.1) is 0 Å². The molecule has 4 rings (SSSR count). The van der Waals surface area contributed by atoms with Gasteiger partial charge in [0, 0.05) is 36.6 Å². The fraction of sp³-hybridized carbons (Fsp3) is 0.240. The molecule has 0 radical (unpaired) electrons. The van der Waals surface area contributed by atoms with E-state index in [1.807, 2.05) is 60.7 Å². The second-order valence-corrected chi connectivity index (χ2v) is 8.11. The molecule has 0 saturated heterocycles. The van der Waals surface area contributed by atoms with Crippen molar-refractivity contribution in [3.63, 3.8) is 0 Å². The maximum Gasteiger partial charge on any atom is 0.145 e. The van der Waals surface area contributed by atoms with Crippen molar-refractivity contribution in [1.82, 2.24) is 4.90 Å². The van der Waals surface area contributed by atoms with Gasteiger partial charge < -0.3 is 9.94 Å². The summed E-state index contributed by atoms with van der Waals surface area (Å²) in [5.74, 6) is -0.275. The fourth-order valence-electron chi connectivity index (χ4n) is 3.79. The number of aliphatic hydroxyl groups excluding tert-OH is 1. The quantitative estimate of drug-likeness (QED) is 0.525. The number of oxime groups is 1. The van der Waals surface area contributed by atoms with E-state index in [9.17, 15) is 9.50 Å². The second kappa shape index (κ2) is 10.1. The average Bonchev–Trinajstić information content (AvgIpc) is 3.23. The molecule has 0 fully saturated rings. The third-order valence-electron chi connectivity index (χ3n) is 5.29. The van der Waals surface area contributed by atoms with Gasteiger partial charge in [-0.05, 0) is 29.3 Å². The molecule has 3 aromatic rings. The summed E-state index contributed by atoms with van der Waals surface area (Å²) in [5.41, 5.74) is 3.36. The molecule has 2 unspecified atom stereocenters. The SMILES string of the molecule is OC(CN(Cc1cccc(F)c1)CC1CC(c2ccccc2Cl)=NO1)c1ccccc1. The van der Waals surface area contributed by atoms with Gasteiger partial charge in [-0.3, -0.25) is 4.90 Å². The van der Waals surface area contributed by atoms with E-state index in [1.165, 1.54) is 12.1 Å². The third-order valence-corrected chi connectivity index (χ3v) is 5.62. The van der Waals surface area contributed by atoms with E-state index in [2.05, 4.69) is 10.1 Å². The van der Waals surface area contributed by atoms with Gasteiger partial charge in [0.2, 0.25) is 0 Å². The lowest BCUT2D eigenvalue weighted by atomic mass is 10.0. The van der Waals surface area contributed by atoms with Gasteiger partial charge in [0.25, 0.3) is 0 Å². The summed E-state index contributed by atoms with van der Waals surface area (Å²) in [7, 11) is 0. The average molecular weight is 439 g/mol. The van der Waals surface area contributed by atoms with Gasteiger partial charge >= 0.3 is 0 Å². The van der Waals surface area contributed by atoms with Gasteiger partial charge in [-0.2, -0.15) is 0 Å². The Kier molecular flexibility index (Phi) is 6.97. The zero-order valence-electron chi connectivity index (χ0n) is 17.0. The highest BCUT2D eigenvalue weighted by atomic mass is 35.5. The summed E-state index contributed by atoms with van der Waals surface area (Å²) in [6.07, 6.45) is -0.229. The maximum absolute atomic E-state index is 13.7. The molecule has 31 heavy (non-hydrogen) atoms. The van der Waals surface area contributed by atoms with Crippen LogP contribution in [-0.2, 0) is 11.4 Å². The lowest BCUT2D eigenvalue weighted by Crippen LogP contribution is -2.35. The summed E-state index contributed by atoms with van der Waals surface area (Å²) in [4.78, 5) is 7.76. The molecule has 0 aromatic heterocycles. The Morgan fingerprint density at radius 3 is 2.61 bits per heavy atom. The van der Waals surface area contributed by atoms with E-state index in [-0.39, 0.29) is 11.9 Å². The molecule has 3 aromatic carbocycles. The molecule has 1 aliphatic heterocycles. The van der Waals surface area contributed by atoms with Crippen molar-refractivity contribution in [3.8, 4) is 0 Å². The van der Waals surface area contributed by atoms with Crippen LogP contribution < -0.4 is 0 Å². The molecular weight excluding hydrogens is 415 g/mol. The molecule has 1 heterocycles. The Hall–Kier alpha value is -2.73. The summed E-state index contributed by atoms with van der Waals surface area (Å²) in [6, 6.07) is 23.6. The van der Waals surface area contributed by atoms with Crippen LogP contribution in [0.5, 0.6) is 0 Å². The Morgan fingerprint density at radius 1 is 1.06 bits per heavy atom. The van der Waals surface area contributed by atoms with E-state index in [4.69, 9.17) is 16.4 Å². The van der Waals surface area contributed by atoms with E-state index >= 15 is 0 Å². The first-order valence-corrected chi connectivity index (χ1v) is 10.6. The van der Waals surface area contributed by atoms with Crippen LogP contribution >= 0.6 is 11.6 Å². The molecule has 0 bridgehead atoms. The normalized spacial score (nSPS) is 16.8. The smallest absolute Gasteiger partial charge is 0.145 e. The predicted octanol–water partition coefficient (Wildman–Crippen LogP) is 5.21. The Bertz CT molecular complexity index is 1040. The first kappa shape index (κ1) is 21.5. The Morgan fingerprint density at radius 2 is 1.84 bits per heavy atom. The number of hydrogen-bond acceptors (Lipinski definition) is 4. The largest absolute Gasteiger partial charge is 0.390 e. The van der Waals surface area contributed by atoms with Crippen LogP contribution in [-0.4, -0.2) is 34.9 Å². The molecule has 0 aliphatic carbocycles. The van der Waals surface area contributed by atoms with Crippen LogP contribution in [0.1, 0.15) is 29.2 Å². The summed E-state index contributed by atoms with van der Waals surface area (Å²) in [5, 5.41) is 15.6. The zero-order chi connectivity index (χ0) is 21.6. The molecule has 0 amide bonds. The number of rotatable bonds is 8. The second-order valence-electron chi connectivity index (χ2n) is 7.70. The summed E-state index contributed by atoms with van der Waals surface area (Å²) < 4.78 is 13.7. The molecule has 1 N–H and O–H groups in total. The topological polar surface area (TPSA) is 45.1 Å². The van der Waals surface area contributed by atoms with Crippen LogP contribution in [0, 0.1) is 5.82 Å². The predicted molar refractivity (Wildman–Crippen MR) is 121 cm³/mol. The minimum Gasteiger partial charge on any atom is -0.390 e. The first-order chi connectivity index (χ1) is 15.1. The van der Waals surface area contributed by atoms with Crippen molar-refractivity contribution in [1.29, 1.82) is 0 Å². The molecule has 0 spiro atoms. The Balaban J connectivity index is 1.46. The molecule has 4 nitrogen and oxygen atoms in total. The molecule has 160 valence electrons. The summed E-state index contributed by atoms with van der Waals surface area (Å²) >= 11 is 6.30. The van der Waals surface area contributed by atoms with E-state index < -0.39 is 6.10 Å². The lowest BCUT2D eigenvalue weighted by Gasteiger charge is -2.27. The van der Waals surface area contributed by atoms with Crippen LogP contribution in [0.4, 0.5) is 4.39 Å². The van der Waals surface area contributed by atoms with Gasteiger partial charge in [-0.1, -0.05) is 77.4 Å². The minimum atomic E-state index is -0.667. The highest BCUT2D eigenvalue weighted by Crippen LogP contribution is 2.24. The van der Waals surface area contributed by atoms with Gasteiger partial charge in [0.1, 0.15) is 11.9 Å². The van der Waals surface area contributed by atoms with Crippen molar-refractivity contribution in [2.24, 2.45) is 5.16 Å². The van der Waals surface area contributed by atoms with Crippen molar-refractivity contribution in [2.75, 3.05) is 13.1 Å². The van der Waals surface area contributed by atoms with E-state index in [0.717, 1.165) is 22.4 Å². The van der Waals surface area contributed by atoms with Gasteiger partial charge in [-0.25, -0.2) is 4.39 Å². The molecule has 0 saturated carbocycles. The van der Waals surface area contributed by atoms with Gasteiger partial charge in [0.05, 0.1) is 11.8 Å². The monoisotopic (exact) mass is 438 g/mol. The van der Waals surface area contributed by atoms with Crippen LogP contribution in [0.2, 0.25) is 5.02 Å². The van der Waals surface area contributed by atoms with Crippen molar-refractivity contribution in [3.05, 3.63) is 106 Å². The van der Waals surface area contributed by atoms with Crippen LogP contribution in [0.15, 0.2) is 84.0 Å².